The summed E-state index contributed by atoms with van der Waals surface area (Å²) in [7, 11) is 6.59. The number of fused-ring (bicyclic) bond motifs is 2. The highest BCUT2D eigenvalue weighted by Gasteiger charge is 2.27. The minimum atomic E-state index is 0.0475. The molecule has 0 spiro atoms. The minimum absolute atomic E-state index is 0.0475. The van der Waals surface area contributed by atoms with Crippen LogP contribution in [0.5, 0.6) is 23.0 Å². The van der Waals surface area contributed by atoms with Crippen molar-refractivity contribution in [3.05, 3.63) is 109 Å². The van der Waals surface area contributed by atoms with E-state index < -0.39 is 0 Å². The normalized spacial score (nSPS) is 11.1. The van der Waals surface area contributed by atoms with Gasteiger partial charge in [-0.1, -0.05) is 84.9 Å². The molecule has 0 heterocycles. The standard InChI is InChI=1S/C38H34O6/c1-39-23-43-37-31(29-17-9-11-19-33(29)41-3)21-25-13-5-7-15-27(25)35(37)36-28-16-8-6-14-26(28)22-32(38(36)44-24-40-2)30-18-10-12-20-34(30)42-4/h5-22H,23-24H2,1-4H3. The van der Waals surface area contributed by atoms with Gasteiger partial charge in [-0.15, -0.1) is 0 Å². The van der Waals surface area contributed by atoms with E-state index >= 15 is 0 Å². The Kier molecular flexibility index (Phi) is 8.64. The molecule has 6 nitrogen and oxygen atoms in total. The quantitative estimate of drug-likeness (QED) is 0.141. The molecular weight excluding hydrogens is 552 g/mol. The highest BCUT2D eigenvalue weighted by Crippen LogP contribution is 2.53. The first-order valence-corrected chi connectivity index (χ1v) is 14.3. The minimum Gasteiger partial charge on any atom is -0.496 e. The summed E-state index contributed by atoms with van der Waals surface area (Å²) in [6.45, 7) is 0.0950. The number of para-hydroxylation sites is 2. The highest BCUT2D eigenvalue weighted by molar-refractivity contribution is 6.14. The summed E-state index contributed by atoms with van der Waals surface area (Å²) < 4.78 is 35.7. The molecule has 0 aromatic heterocycles. The molecule has 0 N–H and O–H groups in total. The smallest absolute Gasteiger partial charge is 0.188 e. The van der Waals surface area contributed by atoms with Gasteiger partial charge in [-0.25, -0.2) is 0 Å². The Labute approximate surface area is 257 Å². The lowest BCUT2D eigenvalue weighted by atomic mass is 9.86. The van der Waals surface area contributed by atoms with E-state index in [1.54, 1.807) is 28.4 Å². The van der Waals surface area contributed by atoms with Crippen molar-refractivity contribution in [2.75, 3.05) is 42.0 Å². The van der Waals surface area contributed by atoms with E-state index in [1.807, 2.05) is 72.8 Å². The molecule has 0 saturated carbocycles. The molecule has 0 aliphatic heterocycles. The first kappa shape index (κ1) is 29.1. The molecule has 0 fully saturated rings. The molecule has 0 atom stereocenters. The van der Waals surface area contributed by atoms with Crippen LogP contribution in [0.4, 0.5) is 0 Å². The third kappa shape index (κ3) is 5.30. The van der Waals surface area contributed by atoms with E-state index in [0.717, 1.165) is 66.4 Å². The van der Waals surface area contributed by atoms with E-state index in [0.29, 0.717) is 11.5 Å². The fourth-order valence-corrected chi connectivity index (χ4v) is 5.82. The van der Waals surface area contributed by atoms with Gasteiger partial charge in [0.25, 0.3) is 0 Å². The molecule has 0 amide bonds. The first-order valence-electron chi connectivity index (χ1n) is 14.3. The third-order valence-electron chi connectivity index (χ3n) is 7.69. The number of hydrogen-bond acceptors (Lipinski definition) is 6. The SMILES string of the molecule is COCOc1c(-c2ccccc2OC)cc2ccccc2c1-c1c(OCOC)c(-c2ccccc2OC)cc2ccccc12. The molecule has 0 aliphatic rings. The van der Waals surface area contributed by atoms with Gasteiger partial charge in [0.05, 0.1) is 14.2 Å². The predicted octanol–water partition coefficient (Wildman–Crippen LogP) is 8.98. The molecular formula is C38H34O6. The van der Waals surface area contributed by atoms with E-state index in [-0.39, 0.29) is 13.6 Å². The topological polar surface area (TPSA) is 55.4 Å². The van der Waals surface area contributed by atoms with E-state index in [2.05, 4.69) is 36.4 Å². The van der Waals surface area contributed by atoms with Crippen LogP contribution in [0.2, 0.25) is 0 Å². The van der Waals surface area contributed by atoms with Gasteiger partial charge >= 0.3 is 0 Å². The van der Waals surface area contributed by atoms with E-state index in [4.69, 9.17) is 28.4 Å². The number of rotatable bonds is 11. The number of methoxy groups -OCH3 is 4. The van der Waals surface area contributed by atoms with Gasteiger partial charge < -0.3 is 28.4 Å². The van der Waals surface area contributed by atoms with Gasteiger partial charge in [-0.3, -0.25) is 0 Å². The van der Waals surface area contributed by atoms with Gasteiger partial charge in [-0.2, -0.15) is 0 Å². The lowest BCUT2D eigenvalue weighted by molar-refractivity contribution is 0.0506. The van der Waals surface area contributed by atoms with E-state index in [9.17, 15) is 0 Å². The maximum atomic E-state index is 6.54. The van der Waals surface area contributed by atoms with Crippen molar-refractivity contribution in [3.8, 4) is 56.4 Å². The third-order valence-corrected chi connectivity index (χ3v) is 7.69. The van der Waals surface area contributed by atoms with Crippen LogP contribution in [0, 0.1) is 0 Å². The summed E-state index contributed by atoms with van der Waals surface area (Å²) in [5.74, 6) is 2.78. The van der Waals surface area contributed by atoms with Crippen molar-refractivity contribution in [2.24, 2.45) is 0 Å². The molecule has 0 aliphatic carbocycles. The van der Waals surface area contributed by atoms with Gasteiger partial charge in [0.15, 0.2) is 13.6 Å². The van der Waals surface area contributed by atoms with Gasteiger partial charge in [0.1, 0.15) is 23.0 Å². The lowest BCUT2D eigenvalue weighted by Gasteiger charge is -2.24. The fourth-order valence-electron chi connectivity index (χ4n) is 5.82. The summed E-state index contributed by atoms with van der Waals surface area (Å²) >= 11 is 0. The molecule has 0 unspecified atom stereocenters. The van der Waals surface area contributed by atoms with Crippen LogP contribution < -0.4 is 18.9 Å². The Balaban J connectivity index is 1.83. The molecule has 44 heavy (non-hydrogen) atoms. The summed E-state index contributed by atoms with van der Waals surface area (Å²) in [6, 6.07) is 36.8. The molecule has 6 heteroatoms. The Morgan fingerprint density at radius 3 is 1.23 bits per heavy atom. The molecule has 6 rings (SSSR count). The maximum Gasteiger partial charge on any atom is 0.188 e. The molecule has 6 aromatic carbocycles. The zero-order chi connectivity index (χ0) is 30.5. The zero-order valence-corrected chi connectivity index (χ0v) is 25.3. The van der Waals surface area contributed by atoms with Crippen molar-refractivity contribution < 1.29 is 28.4 Å². The Morgan fingerprint density at radius 1 is 0.432 bits per heavy atom. The summed E-state index contributed by atoms with van der Waals surface area (Å²) in [4.78, 5) is 0. The Morgan fingerprint density at radius 2 is 0.818 bits per heavy atom. The van der Waals surface area contributed by atoms with Crippen molar-refractivity contribution >= 4 is 21.5 Å². The van der Waals surface area contributed by atoms with Gasteiger partial charge in [0, 0.05) is 47.6 Å². The van der Waals surface area contributed by atoms with Crippen LogP contribution in [0.15, 0.2) is 109 Å². The number of ether oxygens (including phenoxy) is 6. The number of hydrogen-bond donors (Lipinski definition) is 0. The van der Waals surface area contributed by atoms with E-state index in [1.165, 1.54) is 0 Å². The van der Waals surface area contributed by atoms with Crippen LogP contribution in [-0.2, 0) is 9.47 Å². The monoisotopic (exact) mass is 586 g/mol. The zero-order valence-electron chi connectivity index (χ0n) is 25.3. The molecule has 222 valence electrons. The van der Waals surface area contributed by atoms with Crippen LogP contribution in [0.3, 0.4) is 0 Å². The largest absolute Gasteiger partial charge is 0.496 e. The summed E-state index contributed by atoms with van der Waals surface area (Å²) in [6.07, 6.45) is 0. The fraction of sp³-hybridized carbons (Fsp3) is 0.158. The molecule has 0 bridgehead atoms. The van der Waals surface area contributed by atoms with Gasteiger partial charge in [-0.05, 0) is 45.8 Å². The van der Waals surface area contributed by atoms with Gasteiger partial charge in [0.2, 0.25) is 0 Å². The van der Waals surface area contributed by atoms with Crippen molar-refractivity contribution in [2.45, 2.75) is 0 Å². The van der Waals surface area contributed by atoms with Crippen molar-refractivity contribution in [1.29, 1.82) is 0 Å². The molecule has 6 aromatic rings. The second-order valence-electron chi connectivity index (χ2n) is 10.2. The number of benzene rings is 6. The highest BCUT2D eigenvalue weighted by atomic mass is 16.7. The predicted molar refractivity (Wildman–Crippen MR) is 176 cm³/mol. The Hall–Kier alpha value is -5.04. The van der Waals surface area contributed by atoms with Crippen LogP contribution in [0.25, 0.3) is 54.9 Å². The lowest BCUT2D eigenvalue weighted by Crippen LogP contribution is -2.06. The molecule has 0 radical (unpaired) electrons. The second-order valence-corrected chi connectivity index (χ2v) is 10.2. The summed E-state index contributed by atoms with van der Waals surface area (Å²) in [5, 5.41) is 4.08. The molecule has 0 saturated heterocycles. The maximum absolute atomic E-state index is 6.54. The average Bonchev–Trinajstić information content (AvgIpc) is 3.08. The Bertz CT molecular complexity index is 1790. The second kappa shape index (κ2) is 13.1. The van der Waals surface area contributed by atoms with Crippen molar-refractivity contribution in [1.82, 2.24) is 0 Å². The van der Waals surface area contributed by atoms with Crippen LogP contribution >= 0.6 is 0 Å². The van der Waals surface area contributed by atoms with Crippen LogP contribution in [-0.4, -0.2) is 42.0 Å². The first-order chi connectivity index (χ1) is 21.7. The average molecular weight is 587 g/mol. The van der Waals surface area contributed by atoms with Crippen LogP contribution in [0.1, 0.15) is 0 Å². The van der Waals surface area contributed by atoms with Crippen molar-refractivity contribution in [3.63, 3.8) is 0 Å². The summed E-state index contributed by atoms with van der Waals surface area (Å²) in [5.41, 5.74) is 5.30.